The first-order valence-electron chi connectivity index (χ1n) is 4.20. The van der Waals surface area contributed by atoms with E-state index in [1.807, 2.05) is 6.92 Å². The molecule has 0 fully saturated rings. The van der Waals surface area contributed by atoms with Crippen molar-refractivity contribution >= 4 is 33.5 Å². The van der Waals surface area contributed by atoms with E-state index in [1.54, 1.807) is 0 Å². The summed E-state index contributed by atoms with van der Waals surface area (Å²) in [6.45, 7) is 1.94. The van der Waals surface area contributed by atoms with Crippen molar-refractivity contribution in [2.24, 2.45) is 0 Å². The zero-order chi connectivity index (χ0) is 10.3. The van der Waals surface area contributed by atoms with Crippen LogP contribution in [0.2, 0.25) is 0 Å². The number of halogens is 1. The molecule has 1 amide bonds. The summed E-state index contributed by atoms with van der Waals surface area (Å²) < 4.78 is 0.392. The van der Waals surface area contributed by atoms with Crippen molar-refractivity contribution in [3.63, 3.8) is 0 Å². The third-order valence-electron chi connectivity index (χ3n) is 2.19. The van der Waals surface area contributed by atoms with E-state index in [2.05, 4.69) is 31.2 Å². The monoisotopic (exact) mass is 256 g/mol. The number of nitrogen functional groups attached to an aromatic ring is 1. The fourth-order valence-electron chi connectivity index (χ4n) is 1.60. The van der Waals surface area contributed by atoms with Crippen LogP contribution in [0.4, 0.5) is 11.6 Å². The van der Waals surface area contributed by atoms with Crippen LogP contribution in [0.5, 0.6) is 0 Å². The quantitative estimate of drug-likeness (QED) is 0.686. The van der Waals surface area contributed by atoms with Crippen LogP contribution < -0.4 is 11.1 Å². The molecule has 14 heavy (non-hydrogen) atoms. The van der Waals surface area contributed by atoms with E-state index < -0.39 is 0 Å². The Morgan fingerprint density at radius 2 is 2.29 bits per heavy atom. The second-order valence-corrected chi connectivity index (χ2v) is 4.00. The van der Waals surface area contributed by atoms with E-state index in [4.69, 9.17) is 5.73 Å². The molecule has 1 aliphatic heterocycles. The van der Waals surface area contributed by atoms with Gasteiger partial charge in [-0.2, -0.15) is 0 Å². The molecular weight excluding hydrogens is 248 g/mol. The van der Waals surface area contributed by atoms with Crippen molar-refractivity contribution in [3.8, 4) is 0 Å². The Morgan fingerprint density at radius 1 is 1.57 bits per heavy atom. The molecule has 0 bridgehead atoms. The van der Waals surface area contributed by atoms with E-state index in [0.717, 1.165) is 5.56 Å². The van der Waals surface area contributed by atoms with Crippen molar-refractivity contribution < 1.29 is 4.79 Å². The highest BCUT2D eigenvalue weighted by Gasteiger charge is 2.26. The van der Waals surface area contributed by atoms with Gasteiger partial charge < -0.3 is 11.1 Å². The number of fused-ring (bicyclic) bond motifs is 1. The molecule has 2 rings (SSSR count). The van der Waals surface area contributed by atoms with Crippen molar-refractivity contribution in [2.45, 2.75) is 19.3 Å². The highest BCUT2D eigenvalue weighted by atomic mass is 79.9. The number of nitrogens with one attached hydrogen (secondary N) is 1. The number of nitrogens with two attached hydrogens (primary N) is 1. The van der Waals surface area contributed by atoms with Gasteiger partial charge in [-0.15, -0.1) is 0 Å². The van der Waals surface area contributed by atoms with Gasteiger partial charge in [0, 0.05) is 12.0 Å². The summed E-state index contributed by atoms with van der Waals surface area (Å²) in [4.78, 5) is 19.3. The molecule has 1 unspecified atom stereocenters. The maximum atomic E-state index is 11.2. The minimum absolute atomic E-state index is 0.0324. The van der Waals surface area contributed by atoms with Crippen LogP contribution in [0.3, 0.4) is 0 Å². The molecule has 74 valence electrons. The van der Waals surface area contributed by atoms with Gasteiger partial charge in [-0.25, -0.2) is 9.97 Å². The Hall–Kier alpha value is -1.17. The molecule has 5 nitrogen and oxygen atoms in total. The Bertz CT molecular complexity index is 407. The fourth-order valence-corrected chi connectivity index (χ4v) is 1.97. The number of aromatic nitrogens is 2. The number of hydrogen-bond donors (Lipinski definition) is 2. The molecule has 0 saturated carbocycles. The number of carbonyl (C=O) groups excluding carboxylic acids is 1. The van der Waals surface area contributed by atoms with Crippen molar-refractivity contribution in [2.75, 3.05) is 11.1 Å². The summed E-state index contributed by atoms with van der Waals surface area (Å²) in [5, 5.41) is 2.67. The van der Waals surface area contributed by atoms with Gasteiger partial charge in [-0.1, -0.05) is 6.92 Å². The molecule has 1 aromatic heterocycles. The lowest BCUT2D eigenvalue weighted by atomic mass is 9.95. The average Bonchev–Trinajstić information content (AvgIpc) is 1.99. The third-order valence-corrected chi connectivity index (χ3v) is 2.54. The van der Waals surface area contributed by atoms with E-state index in [0.29, 0.717) is 22.8 Å². The molecule has 3 N–H and O–H groups in total. The van der Waals surface area contributed by atoms with Crippen LogP contribution >= 0.6 is 15.9 Å². The van der Waals surface area contributed by atoms with Gasteiger partial charge in [0.1, 0.15) is 11.6 Å². The summed E-state index contributed by atoms with van der Waals surface area (Å²) >= 11 is 3.13. The Morgan fingerprint density at radius 3 is 3.00 bits per heavy atom. The smallest absolute Gasteiger partial charge is 0.226 e. The molecule has 0 aromatic carbocycles. The van der Waals surface area contributed by atoms with Gasteiger partial charge in [0.15, 0.2) is 0 Å². The molecule has 1 aliphatic rings. The molecule has 0 aliphatic carbocycles. The number of nitrogens with zero attached hydrogens (tertiary/aromatic N) is 2. The fraction of sp³-hybridized carbons (Fsp3) is 0.375. The van der Waals surface area contributed by atoms with Gasteiger partial charge in [-0.05, 0) is 21.8 Å². The van der Waals surface area contributed by atoms with E-state index in [9.17, 15) is 4.79 Å². The summed E-state index contributed by atoms with van der Waals surface area (Å²) in [5.41, 5.74) is 6.57. The van der Waals surface area contributed by atoms with Gasteiger partial charge in [0.2, 0.25) is 10.6 Å². The van der Waals surface area contributed by atoms with Crippen molar-refractivity contribution in [1.29, 1.82) is 0 Å². The Labute approximate surface area is 89.2 Å². The van der Waals surface area contributed by atoms with E-state index in [-0.39, 0.29) is 11.8 Å². The molecule has 2 heterocycles. The molecule has 6 heteroatoms. The summed E-state index contributed by atoms with van der Waals surface area (Å²) in [6.07, 6.45) is 0.433. The highest BCUT2D eigenvalue weighted by molar-refractivity contribution is 9.10. The lowest BCUT2D eigenvalue weighted by molar-refractivity contribution is -0.116. The Balaban J connectivity index is 2.58. The zero-order valence-electron chi connectivity index (χ0n) is 7.54. The van der Waals surface area contributed by atoms with Gasteiger partial charge in [-0.3, -0.25) is 4.79 Å². The van der Waals surface area contributed by atoms with Crippen molar-refractivity contribution in [3.05, 3.63) is 10.3 Å². The topological polar surface area (TPSA) is 80.9 Å². The van der Waals surface area contributed by atoms with E-state index >= 15 is 0 Å². The van der Waals surface area contributed by atoms with Crippen LogP contribution in [0.25, 0.3) is 0 Å². The largest absolute Gasteiger partial charge is 0.383 e. The maximum Gasteiger partial charge on any atom is 0.226 e. The first-order valence-corrected chi connectivity index (χ1v) is 5.00. The first kappa shape index (κ1) is 9.39. The van der Waals surface area contributed by atoms with Gasteiger partial charge >= 0.3 is 0 Å². The number of rotatable bonds is 0. The van der Waals surface area contributed by atoms with Crippen LogP contribution in [0.15, 0.2) is 4.73 Å². The highest BCUT2D eigenvalue weighted by Crippen LogP contribution is 2.34. The maximum absolute atomic E-state index is 11.2. The zero-order valence-corrected chi connectivity index (χ0v) is 9.13. The molecule has 1 atom stereocenters. The SMILES string of the molecule is CC1CC(=O)Nc2nc(Br)nc(N)c21. The summed E-state index contributed by atoms with van der Waals surface area (Å²) in [6, 6.07) is 0. The van der Waals surface area contributed by atoms with Crippen LogP contribution in [0, 0.1) is 0 Å². The Kier molecular flexibility index (Phi) is 2.14. The molecule has 0 radical (unpaired) electrons. The predicted molar refractivity (Wildman–Crippen MR) is 55.8 cm³/mol. The third kappa shape index (κ3) is 1.45. The molecular formula is C8H9BrN4O. The van der Waals surface area contributed by atoms with Crippen LogP contribution in [-0.4, -0.2) is 15.9 Å². The van der Waals surface area contributed by atoms with Gasteiger partial charge in [0.25, 0.3) is 0 Å². The van der Waals surface area contributed by atoms with Crippen LogP contribution in [0.1, 0.15) is 24.8 Å². The number of anilines is 2. The minimum Gasteiger partial charge on any atom is -0.383 e. The number of hydrogen-bond acceptors (Lipinski definition) is 4. The summed E-state index contributed by atoms with van der Waals surface area (Å²) in [5.74, 6) is 0.990. The summed E-state index contributed by atoms with van der Waals surface area (Å²) in [7, 11) is 0. The van der Waals surface area contributed by atoms with E-state index in [1.165, 1.54) is 0 Å². The second kappa shape index (κ2) is 3.20. The van der Waals surface area contributed by atoms with Crippen molar-refractivity contribution in [1.82, 2.24) is 9.97 Å². The van der Waals surface area contributed by atoms with Crippen LogP contribution in [-0.2, 0) is 4.79 Å². The first-order chi connectivity index (χ1) is 6.58. The normalized spacial score (nSPS) is 20.1. The lowest BCUT2D eigenvalue weighted by Crippen LogP contribution is -2.24. The lowest BCUT2D eigenvalue weighted by Gasteiger charge is -2.22. The predicted octanol–water partition coefficient (Wildman–Crippen LogP) is 1.27. The molecule has 0 spiro atoms. The minimum atomic E-state index is -0.0324. The van der Waals surface area contributed by atoms with Gasteiger partial charge in [0.05, 0.1) is 0 Å². The number of amides is 1. The molecule has 1 aromatic rings. The number of carbonyl (C=O) groups is 1. The average molecular weight is 257 g/mol. The second-order valence-electron chi connectivity index (χ2n) is 3.29. The molecule has 0 saturated heterocycles. The standard InChI is InChI=1S/C8H9BrN4O/c1-3-2-4(14)11-7-5(3)6(10)12-8(9)13-7/h3H,2H2,1H3,(H3,10,11,12,13,14).